The lowest BCUT2D eigenvalue weighted by molar-refractivity contribution is -0.125. The molecule has 1 aliphatic rings. The fourth-order valence-electron chi connectivity index (χ4n) is 2.75. The lowest BCUT2D eigenvalue weighted by Gasteiger charge is -2.34. The average Bonchev–Trinajstić information content (AvgIpc) is 2.52. The maximum absolute atomic E-state index is 10.9. The molecule has 1 aromatic heterocycles. The molecule has 0 amide bonds. The van der Waals surface area contributed by atoms with Crippen LogP contribution in [-0.4, -0.2) is 21.9 Å². The normalized spacial score (nSPS) is 30.7. The van der Waals surface area contributed by atoms with E-state index in [2.05, 4.69) is 22.0 Å². The highest BCUT2D eigenvalue weighted by molar-refractivity contribution is 9.11. The predicted octanol–water partition coefficient (Wildman–Crippen LogP) is 3.76. The highest BCUT2D eigenvalue weighted by Crippen LogP contribution is 2.47. The summed E-state index contributed by atoms with van der Waals surface area (Å²) in [5.41, 5.74) is -1.56. The molecule has 0 aromatic carbocycles. The van der Waals surface area contributed by atoms with E-state index in [0.717, 1.165) is 3.79 Å². The van der Waals surface area contributed by atoms with Gasteiger partial charge in [-0.1, -0.05) is 0 Å². The van der Waals surface area contributed by atoms with E-state index in [1.807, 2.05) is 33.8 Å². The Labute approximate surface area is 115 Å². The van der Waals surface area contributed by atoms with Crippen LogP contribution in [0.1, 0.15) is 39.0 Å². The molecule has 2 rings (SSSR count). The van der Waals surface area contributed by atoms with Gasteiger partial charge in [0.1, 0.15) is 5.60 Å². The van der Waals surface area contributed by atoms with Gasteiger partial charge in [0.25, 0.3) is 0 Å². The first kappa shape index (κ1) is 13.5. The van der Waals surface area contributed by atoms with E-state index in [9.17, 15) is 5.11 Å². The van der Waals surface area contributed by atoms with E-state index >= 15 is 0 Å². The van der Waals surface area contributed by atoms with Gasteiger partial charge in [-0.05, 0) is 55.8 Å². The van der Waals surface area contributed by atoms with Crippen molar-refractivity contribution >= 4 is 27.3 Å². The summed E-state index contributed by atoms with van der Waals surface area (Å²) in [6, 6.07) is 4.09. The molecule has 1 aliphatic heterocycles. The smallest absolute Gasteiger partial charge is 0.101 e. The Kier molecular flexibility index (Phi) is 3.22. The highest BCUT2D eigenvalue weighted by atomic mass is 79.9. The first-order valence-corrected chi connectivity index (χ1v) is 7.41. The Morgan fingerprint density at radius 1 is 1.35 bits per heavy atom. The minimum atomic E-state index is -0.791. The first-order valence-electron chi connectivity index (χ1n) is 5.80. The summed E-state index contributed by atoms with van der Waals surface area (Å²) in [7, 11) is 0. The van der Waals surface area contributed by atoms with Crippen molar-refractivity contribution in [3.8, 4) is 0 Å². The molecule has 17 heavy (non-hydrogen) atoms. The Morgan fingerprint density at radius 3 is 2.41 bits per heavy atom. The molecule has 1 aromatic rings. The third-order valence-electron chi connectivity index (χ3n) is 3.47. The van der Waals surface area contributed by atoms with Crippen LogP contribution >= 0.6 is 27.3 Å². The Hall–Kier alpha value is 0.1000. The number of hydrogen-bond acceptors (Lipinski definition) is 3. The third kappa shape index (κ3) is 2.60. The molecule has 1 unspecified atom stereocenters. The Morgan fingerprint density at radius 2 is 2.00 bits per heavy atom. The molecular formula is C13H19BrO2S. The number of thiophene rings is 1. The van der Waals surface area contributed by atoms with Crippen molar-refractivity contribution in [3.63, 3.8) is 0 Å². The summed E-state index contributed by atoms with van der Waals surface area (Å²) in [6.07, 6.45) is 1.32. The van der Waals surface area contributed by atoms with Gasteiger partial charge in [-0.3, -0.25) is 0 Å². The third-order valence-corrected chi connectivity index (χ3v) is 5.09. The molecule has 96 valence electrons. The number of halogens is 1. The maximum atomic E-state index is 10.9. The van der Waals surface area contributed by atoms with Crippen LogP contribution in [0.3, 0.4) is 0 Å². The van der Waals surface area contributed by atoms with E-state index in [1.54, 1.807) is 11.3 Å². The number of rotatable bonds is 2. The molecule has 0 radical (unpaired) electrons. The molecule has 1 fully saturated rings. The van der Waals surface area contributed by atoms with Crippen molar-refractivity contribution < 1.29 is 9.84 Å². The van der Waals surface area contributed by atoms with Crippen LogP contribution in [0.5, 0.6) is 0 Å². The van der Waals surface area contributed by atoms with Gasteiger partial charge in [0.05, 0.1) is 15.0 Å². The number of hydrogen-bond donors (Lipinski definition) is 1. The lowest BCUT2D eigenvalue weighted by atomic mass is 9.79. The fourth-order valence-corrected chi connectivity index (χ4v) is 4.34. The van der Waals surface area contributed by atoms with Gasteiger partial charge >= 0.3 is 0 Å². The van der Waals surface area contributed by atoms with E-state index in [4.69, 9.17) is 4.74 Å². The van der Waals surface area contributed by atoms with E-state index < -0.39 is 11.2 Å². The van der Waals surface area contributed by atoms with Crippen LogP contribution in [0.25, 0.3) is 0 Å². The molecule has 0 aliphatic carbocycles. The second-order valence-electron chi connectivity index (χ2n) is 5.96. The summed E-state index contributed by atoms with van der Waals surface area (Å²) in [5, 5.41) is 10.9. The zero-order chi connectivity index (χ0) is 12.9. The van der Waals surface area contributed by atoms with Crippen molar-refractivity contribution in [3.05, 3.63) is 20.8 Å². The number of ether oxygens (including phenoxy) is 1. The fraction of sp³-hybridized carbons (Fsp3) is 0.692. The molecule has 0 saturated carbocycles. The van der Waals surface area contributed by atoms with Gasteiger partial charge in [0.15, 0.2) is 0 Å². The Balaban J connectivity index is 2.24. The number of aliphatic hydroxyl groups is 1. The summed E-state index contributed by atoms with van der Waals surface area (Å²) in [6.45, 7) is 8.03. The SMILES string of the molecule is CC1(C)CC(O)(Cc2ccc(Br)s2)C(C)(C)O1. The minimum absolute atomic E-state index is 0.257. The average molecular weight is 319 g/mol. The van der Waals surface area contributed by atoms with Crippen LogP contribution in [0.15, 0.2) is 15.9 Å². The van der Waals surface area contributed by atoms with Crippen LogP contribution < -0.4 is 0 Å². The van der Waals surface area contributed by atoms with Crippen LogP contribution in [0, 0.1) is 0 Å². The first-order chi connectivity index (χ1) is 7.64. The molecule has 0 spiro atoms. The van der Waals surface area contributed by atoms with Gasteiger partial charge in [-0.25, -0.2) is 0 Å². The predicted molar refractivity (Wildman–Crippen MR) is 74.5 cm³/mol. The molecule has 1 saturated heterocycles. The molecule has 0 bridgehead atoms. The summed E-state index contributed by atoms with van der Waals surface area (Å²) < 4.78 is 7.08. The molecular weight excluding hydrogens is 300 g/mol. The van der Waals surface area contributed by atoms with Gasteiger partial charge < -0.3 is 9.84 Å². The van der Waals surface area contributed by atoms with E-state index in [1.165, 1.54) is 4.88 Å². The van der Waals surface area contributed by atoms with Crippen molar-refractivity contribution in [2.75, 3.05) is 0 Å². The Bertz CT molecular complexity index is 425. The largest absolute Gasteiger partial charge is 0.386 e. The molecule has 1 N–H and O–H groups in total. The maximum Gasteiger partial charge on any atom is 0.101 e. The summed E-state index contributed by atoms with van der Waals surface area (Å²) in [5.74, 6) is 0. The van der Waals surface area contributed by atoms with Crippen molar-refractivity contribution in [2.24, 2.45) is 0 Å². The zero-order valence-electron chi connectivity index (χ0n) is 10.7. The highest BCUT2D eigenvalue weighted by Gasteiger charge is 2.56. The second kappa shape index (κ2) is 4.05. The molecule has 2 nitrogen and oxygen atoms in total. The van der Waals surface area contributed by atoms with E-state index in [-0.39, 0.29) is 5.60 Å². The van der Waals surface area contributed by atoms with Gasteiger partial charge in [0, 0.05) is 17.7 Å². The van der Waals surface area contributed by atoms with Crippen LogP contribution in [0.4, 0.5) is 0 Å². The van der Waals surface area contributed by atoms with Crippen molar-refractivity contribution in [1.29, 1.82) is 0 Å². The summed E-state index contributed by atoms with van der Waals surface area (Å²) >= 11 is 5.13. The van der Waals surface area contributed by atoms with E-state index in [0.29, 0.717) is 12.8 Å². The van der Waals surface area contributed by atoms with Crippen molar-refractivity contribution in [1.82, 2.24) is 0 Å². The lowest BCUT2D eigenvalue weighted by Crippen LogP contribution is -2.47. The zero-order valence-corrected chi connectivity index (χ0v) is 13.1. The van der Waals surface area contributed by atoms with Crippen LogP contribution in [-0.2, 0) is 11.2 Å². The summed E-state index contributed by atoms with van der Waals surface area (Å²) in [4.78, 5) is 1.19. The molecule has 4 heteroatoms. The second-order valence-corrected chi connectivity index (χ2v) is 8.51. The topological polar surface area (TPSA) is 29.5 Å². The monoisotopic (exact) mass is 318 g/mol. The van der Waals surface area contributed by atoms with Gasteiger partial charge in [0.2, 0.25) is 0 Å². The standard InChI is InChI=1S/C13H19BrO2S/c1-11(2)8-13(15,12(3,4)16-11)7-9-5-6-10(14)17-9/h5-6,15H,7-8H2,1-4H3. The van der Waals surface area contributed by atoms with Crippen molar-refractivity contribution in [2.45, 2.75) is 57.3 Å². The quantitative estimate of drug-likeness (QED) is 0.899. The van der Waals surface area contributed by atoms with Gasteiger partial charge in [-0.2, -0.15) is 0 Å². The molecule has 2 heterocycles. The minimum Gasteiger partial charge on any atom is -0.386 e. The van der Waals surface area contributed by atoms with Crippen LogP contribution in [0.2, 0.25) is 0 Å². The van der Waals surface area contributed by atoms with Gasteiger partial charge in [-0.15, -0.1) is 11.3 Å². The molecule has 1 atom stereocenters.